The molecule has 0 amide bonds. The van der Waals surface area contributed by atoms with Gasteiger partial charge >= 0.3 is 0 Å². The Hall–Kier alpha value is -6.48. The summed E-state index contributed by atoms with van der Waals surface area (Å²) in [5.74, 6) is 6.41. The highest BCUT2D eigenvalue weighted by Crippen LogP contribution is 2.41. The highest BCUT2D eigenvalue weighted by atomic mass is 16.6. The molecule has 18 bridgehead atoms. The summed E-state index contributed by atoms with van der Waals surface area (Å²) in [6, 6.07) is 32.0. The van der Waals surface area contributed by atoms with E-state index in [1.165, 1.54) is 33.4 Å². The second kappa shape index (κ2) is 16.3. The minimum absolute atomic E-state index is 0.336. The lowest BCUT2D eigenvalue weighted by Crippen LogP contribution is -2.11. The average Bonchev–Trinajstić information content (AvgIpc) is 3.36. The molecule has 306 valence electrons. The number of rotatable bonds is 3. The normalized spacial score (nSPS) is 15.2. The van der Waals surface area contributed by atoms with Crippen LogP contribution in [0.25, 0.3) is 0 Å². The lowest BCUT2D eigenvalue weighted by molar-refractivity contribution is 0.211. The van der Waals surface area contributed by atoms with Crippen molar-refractivity contribution in [3.05, 3.63) is 158 Å². The standard InChI is InChI=1S/C51H48O9/c1-52-46-25-37-19-41-29-50-48(54-3)27-39(41)21-42-30-51-47(53-2)26-38(42)20-40(37)28-49(46)58-13-10-55-43-7-4-31-17-35-23-45(57-12-15-60-51)9-6-33(35)18-36-24-44(56-11-14-59-50)8-5-32(36)16-34(31)22-43/h4-9,22-30H,10-21H2,1-3H3. The van der Waals surface area contributed by atoms with Gasteiger partial charge in [0.2, 0.25) is 0 Å². The molecule has 6 aromatic carbocycles. The highest BCUT2D eigenvalue weighted by Gasteiger charge is 2.24. The van der Waals surface area contributed by atoms with Crippen LogP contribution in [0.1, 0.15) is 66.8 Å². The van der Waals surface area contributed by atoms with E-state index in [1.54, 1.807) is 21.3 Å². The molecule has 0 saturated carbocycles. The molecular weight excluding hydrogens is 757 g/mol. The van der Waals surface area contributed by atoms with E-state index in [0.29, 0.717) is 93.4 Å². The maximum atomic E-state index is 6.49. The molecule has 0 N–H and O–H groups in total. The molecule has 0 radical (unpaired) electrons. The number of ether oxygens (including phenoxy) is 9. The van der Waals surface area contributed by atoms with Crippen molar-refractivity contribution in [2.45, 2.75) is 38.5 Å². The number of hydrogen-bond acceptors (Lipinski definition) is 9. The fourth-order valence-electron chi connectivity index (χ4n) is 8.99. The van der Waals surface area contributed by atoms with Crippen LogP contribution in [0, 0.1) is 0 Å². The summed E-state index contributed by atoms with van der Waals surface area (Å²) in [5, 5.41) is 0. The SMILES string of the molecule is COc1cc2c3cc1OCCOc1ccc4c(c1)Cc1ccc5cc1Cc1ccc(cc1C4)OCCOc1cc(c(cc1OC)C3)Cc1cc(OC)c(cc1C2)OCCO5. The van der Waals surface area contributed by atoms with Crippen LogP contribution in [0.15, 0.2) is 91.0 Å². The second-order valence-corrected chi connectivity index (χ2v) is 15.8. The first-order chi connectivity index (χ1) is 29.5. The Kier molecular flexibility index (Phi) is 10.3. The molecule has 0 unspecified atom stereocenters. The topological polar surface area (TPSA) is 83.1 Å². The van der Waals surface area contributed by atoms with Crippen molar-refractivity contribution in [3.8, 4) is 51.7 Å². The number of hydrogen-bond donors (Lipinski definition) is 0. The molecule has 0 spiro atoms. The van der Waals surface area contributed by atoms with Gasteiger partial charge < -0.3 is 42.6 Å². The van der Waals surface area contributed by atoms with E-state index in [-0.39, 0.29) is 0 Å². The van der Waals surface area contributed by atoms with Crippen molar-refractivity contribution < 1.29 is 42.6 Å². The first-order valence-corrected chi connectivity index (χ1v) is 20.7. The molecule has 60 heavy (non-hydrogen) atoms. The van der Waals surface area contributed by atoms with Gasteiger partial charge in [-0.2, -0.15) is 0 Å². The van der Waals surface area contributed by atoms with Crippen LogP contribution < -0.4 is 42.6 Å². The lowest BCUT2D eigenvalue weighted by atomic mass is 9.94. The predicted molar refractivity (Wildman–Crippen MR) is 228 cm³/mol. The maximum Gasteiger partial charge on any atom is 0.161 e. The first kappa shape index (κ1) is 37.8. The Labute approximate surface area is 350 Å². The summed E-state index contributed by atoms with van der Waals surface area (Å²) in [6.45, 7) is 2.09. The van der Waals surface area contributed by atoms with Crippen LogP contribution in [-0.4, -0.2) is 61.0 Å². The molecule has 20 rings (SSSR count). The van der Waals surface area contributed by atoms with Crippen LogP contribution in [0.4, 0.5) is 0 Å². The predicted octanol–water partition coefficient (Wildman–Crippen LogP) is 8.88. The fourth-order valence-corrected chi connectivity index (χ4v) is 8.99. The van der Waals surface area contributed by atoms with Crippen molar-refractivity contribution in [1.29, 1.82) is 0 Å². The van der Waals surface area contributed by atoms with Gasteiger partial charge in [0.1, 0.15) is 56.9 Å². The van der Waals surface area contributed by atoms with Gasteiger partial charge in [-0.25, -0.2) is 0 Å². The van der Waals surface area contributed by atoms with Gasteiger partial charge in [-0.15, -0.1) is 0 Å². The van der Waals surface area contributed by atoms with Gasteiger partial charge in [-0.1, -0.05) is 18.2 Å². The Balaban J connectivity index is 1.16. The van der Waals surface area contributed by atoms with E-state index in [4.69, 9.17) is 42.6 Å². The lowest BCUT2D eigenvalue weighted by Gasteiger charge is -2.19. The van der Waals surface area contributed by atoms with Crippen molar-refractivity contribution in [2.24, 2.45) is 0 Å². The van der Waals surface area contributed by atoms with Crippen LogP contribution >= 0.6 is 0 Å². The van der Waals surface area contributed by atoms with Gasteiger partial charge in [0, 0.05) is 0 Å². The zero-order chi connectivity index (χ0) is 40.6. The summed E-state index contributed by atoms with van der Waals surface area (Å²) in [7, 11) is 5.06. The van der Waals surface area contributed by atoms with Gasteiger partial charge in [-0.3, -0.25) is 0 Å². The minimum atomic E-state index is 0.336. The fraction of sp³-hybridized carbons (Fsp3) is 0.294. The Bertz CT molecular complexity index is 2310. The van der Waals surface area contributed by atoms with Crippen LogP contribution in [0.2, 0.25) is 0 Å². The first-order valence-electron chi connectivity index (χ1n) is 20.7. The summed E-state index contributed by atoms with van der Waals surface area (Å²) in [5.41, 5.74) is 14.1. The second-order valence-electron chi connectivity index (χ2n) is 15.8. The third-order valence-electron chi connectivity index (χ3n) is 12.1. The Morgan fingerprint density at radius 2 is 0.533 bits per heavy atom. The van der Waals surface area contributed by atoms with E-state index in [9.17, 15) is 0 Å². The monoisotopic (exact) mass is 804 g/mol. The van der Waals surface area contributed by atoms with Crippen LogP contribution in [0.5, 0.6) is 51.7 Å². The molecular formula is C51H48O9. The molecule has 0 atom stereocenters. The average molecular weight is 805 g/mol. The molecule has 0 aromatic heterocycles. The molecule has 14 aliphatic rings. The molecule has 2 aliphatic carbocycles. The highest BCUT2D eigenvalue weighted by molar-refractivity contribution is 5.58. The van der Waals surface area contributed by atoms with Gasteiger partial charge in [-0.05, 0) is 178 Å². The van der Waals surface area contributed by atoms with E-state index in [2.05, 4.69) is 91.0 Å². The Morgan fingerprint density at radius 1 is 0.283 bits per heavy atom. The van der Waals surface area contributed by atoms with Crippen LogP contribution in [-0.2, 0) is 38.5 Å². The van der Waals surface area contributed by atoms with Gasteiger partial charge in [0.05, 0.1) is 21.3 Å². The molecule has 0 saturated heterocycles. The number of benzene rings is 6. The molecule has 0 fully saturated rings. The summed E-state index contributed by atoms with van der Waals surface area (Å²) < 4.78 is 56.6. The third-order valence-corrected chi connectivity index (χ3v) is 12.1. The quantitative estimate of drug-likeness (QED) is 0.174. The van der Waals surface area contributed by atoms with Crippen molar-refractivity contribution in [3.63, 3.8) is 0 Å². The smallest absolute Gasteiger partial charge is 0.161 e. The number of methoxy groups -OCH3 is 3. The van der Waals surface area contributed by atoms with E-state index in [1.807, 2.05) is 0 Å². The summed E-state index contributed by atoms with van der Waals surface area (Å²) in [6.07, 6.45) is 4.20. The molecule has 6 aromatic rings. The zero-order valence-corrected chi connectivity index (χ0v) is 34.3. The van der Waals surface area contributed by atoms with Gasteiger partial charge in [0.25, 0.3) is 0 Å². The maximum absolute atomic E-state index is 6.49. The minimum Gasteiger partial charge on any atom is -0.493 e. The molecule has 9 heteroatoms. The largest absolute Gasteiger partial charge is 0.493 e. The van der Waals surface area contributed by atoms with Crippen LogP contribution in [0.3, 0.4) is 0 Å². The third kappa shape index (κ3) is 7.60. The summed E-state index contributed by atoms with van der Waals surface area (Å²) in [4.78, 5) is 0. The zero-order valence-electron chi connectivity index (χ0n) is 34.3. The Morgan fingerprint density at radius 3 is 0.833 bits per heavy atom. The van der Waals surface area contributed by atoms with Crippen molar-refractivity contribution in [2.75, 3.05) is 61.0 Å². The molecule has 9 nitrogen and oxygen atoms in total. The molecule has 12 heterocycles. The van der Waals surface area contributed by atoms with Crippen molar-refractivity contribution in [1.82, 2.24) is 0 Å². The molecule has 12 aliphatic heterocycles. The van der Waals surface area contributed by atoms with Crippen molar-refractivity contribution >= 4 is 0 Å². The van der Waals surface area contributed by atoms with E-state index < -0.39 is 0 Å². The van der Waals surface area contributed by atoms with E-state index >= 15 is 0 Å². The summed E-state index contributed by atoms with van der Waals surface area (Å²) >= 11 is 0. The van der Waals surface area contributed by atoms with Gasteiger partial charge in [0.15, 0.2) is 34.5 Å². The van der Waals surface area contributed by atoms with E-state index in [0.717, 1.165) is 69.9 Å².